The number of hydrogen-bond acceptors (Lipinski definition) is 6. The number of benzene rings is 1. The van der Waals surface area contributed by atoms with E-state index in [9.17, 15) is 22.4 Å². The normalized spacial score (nSPS) is 10.7. The minimum atomic E-state index is -4.62. The van der Waals surface area contributed by atoms with Gasteiger partial charge in [-0.1, -0.05) is 78.1 Å². The van der Waals surface area contributed by atoms with E-state index in [0.29, 0.717) is 17.8 Å². The monoisotopic (exact) mass is 575 g/mol. The summed E-state index contributed by atoms with van der Waals surface area (Å²) < 4.78 is 60.8. The molecule has 1 aromatic carbocycles. The van der Waals surface area contributed by atoms with Crippen LogP contribution in [0.5, 0.6) is 5.75 Å². The van der Waals surface area contributed by atoms with E-state index >= 15 is 0 Å². The fraction of sp³-hybridized carbons (Fsp3) is 0.481. The fourth-order valence-electron chi connectivity index (χ4n) is 3.35. The third-order valence-electron chi connectivity index (χ3n) is 5.02. The first-order valence-electron chi connectivity index (χ1n) is 12.9. The van der Waals surface area contributed by atoms with Gasteiger partial charge >= 0.3 is 6.18 Å². The summed E-state index contributed by atoms with van der Waals surface area (Å²) in [6.45, 7) is 10.3. The molecule has 2 aromatic heterocycles. The lowest BCUT2D eigenvalue weighted by atomic mass is 10.1. The Kier molecular flexibility index (Phi) is 15.0. The molecule has 0 atom stereocenters. The van der Waals surface area contributed by atoms with Gasteiger partial charge in [0.2, 0.25) is 5.13 Å². The van der Waals surface area contributed by atoms with Crippen molar-refractivity contribution in [2.24, 2.45) is 5.73 Å². The molecule has 3 aromatic rings. The zero-order chi connectivity index (χ0) is 28.7. The molecule has 2 heterocycles. The molecule has 0 aliphatic rings. The molecule has 0 fully saturated rings. The van der Waals surface area contributed by atoms with Crippen molar-refractivity contribution in [1.82, 2.24) is 4.98 Å². The largest absolute Gasteiger partial charge is 0.493 e. The third kappa shape index (κ3) is 9.90. The highest BCUT2D eigenvalue weighted by Crippen LogP contribution is 2.40. The van der Waals surface area contributed by atoms with E-state index in [-0.39, 0.29) is 39.3 Å². The summed E-state index contributed by atoms with van der Waals surface area (Å²) in [4.78, 5) is 15.8. The fourth-order valence-corrected chi connectivity index (χ4v) is 4.83. The smallest absolute Gasteiger partial charge is 0.420 e. The number of halogens is 4. The zero-order valence-electron chi connectivity index (χ0n) is 22.5. The second-order valence-electron chi connectivity index (χ2n) is 7.62. The van der Waals surface area contributed by atoms with E-state index in [4.69, 9.17) is 10.5 Å². The van der Waals surface area contributed by atoms with Crippen LogP contribution < -0.4 is 15.8 Å². The van der Waals surface area contributed by atoms with Gasteiger partial charge in [-0.25, -0.2) is 4.98 Å². The number of hydrogen-bond donors (Lipinski definition) is 2. The van der Waals surface area contributed by atoms with Crippen LogP contribution in [-0.4, -0.2) is 17.5 Å². The number of ether oxygens (including phenoxy) is 1. The highest BCUT2D eigenvalue weighted by molar-refractivity contribution is 7.14. The number of carbonyl (C=O) groups is 1. The van der Waals surface area contributed by atoms with E-state index < -0.39 is 22.8 Å². The number of nitrogens with one attached hydrogen (secondary N) is 1. The lowest BCUT2D eigenvalue weighted by Gasteiger charge is -2.15. The predicted molar refractivity (Wildman–Crippen MR) is 150 cm³/mol. The number of amides is 1. The molecule has 0 aliphatic heterocycles. The molecule has 0 unspecified atom stereocenters. The van der Waals surface area contributed by atoms with Gasteiger partial charge in [0.15, 0.2) is 5.13 Å². The number of nitrogens with zero attached hydrogens (tertiary/aromatic N) is 1. The summed E-state index contributed by atoms with van der Waals surface area (Å²) in [5, 5.41) is 3.66. The number of thiophene rings is 1. The van der Waals surface area contributed by atoms with E-state index in [1.165, 1.54) is 18.2 Å². The van der Waals surface area contributed by atoms with Gasteiger partial charge < -0.3 is 15.8 Å². The van der Waals surface area contributed by atoms with E-state index in [2.05, 4.69) is 17.2 Å². The van der Waals surface area contributed by atoms with Gasteiger partial charge in [-0.2, -0.15) is 17.6 Å². The third-order valence-corrected chi connectivity index (χ3v) is 6.71. The maximum atomic E-state index is 14.5. The Balaban J connectivity index is 0.00000172. The van der Waals surface area contributed by atoms with Crippen molar-refractivity contribution < 1.29 is 27.1 Å². The zero-order valence-corrected chi connectivity index (χ0v) is 24.1. The molecule has 38 heavy (non-hydrogen) atoms. The number of nitrogens with two attached hydrogens (primary N) is 1. The first kappa shape index (κ1) is 33.4. The van der Waals surface area contributed by atoms with E-state index in [1.807, 2.05) is 27.7 Å². The first-order chi connectivity index (χ1) is 18.2. The van der Waals surface area contributed by atoms with Gasteiger partial charge in [0.05, 0.1) is 12.2 Å². The van der Waals surface area contributed by atoms with Crippen molar-refractivity contribution in [1.29, 1.82) is 0 Å². The summed E-state index contributed by atoms with van der Waals surface area (Å²) >= 11 is 1.68. The van der Waals surface area contributed by atoms with Crippen molar-refractivity contribution in [2.75, 3.05) is 11.9 Å². The summed E-state index contributed by atoms with van der Waals surface area (Å²) in [5.74, 6) is -0.958. The molecule has 11 heteroatoms. The van der Waals surface area contributed by atoms with Crippen LogP contribution in [0.1, 0.15) is 88.4 Å². The van der Waals surface area contributed by atoms with Crippen LogP contribution in [0.25, 0.3) is 11.3 Å². The molecule has 3 N–H and O–H groups in total. The van der Waals surface area contributed by atoms with Crippen LogP contribution >= 0.6 is 22.7 Å². The minimum Gasteiger partial charge on any atom is -0.493 e. The second-order valence-corrected chi connectivity index (χ2v) is 9.48. The molecular formula is C27H37F4N3O2S2. The van der Waals surface area contributed by atoms with E-state index in [0.717, 1.165) is 49.5 Å². The molecule has 0 saturated carbocycles. The van der Waals surface area contributed by atoms with Gasteiger partial charge in [0.25, 0.3) is 5.91 Å². The van der Waals surface area contributed by atoms with Crippen molar-refractivity contribution in [2.45, 2.75) is 79.3 Å². The lowest BCUT2D eigenvalue weighted by molar-refractivity contribution is -0.138. The van der Waals surface area contributed by atoms with Gasteiger partial charge in [-0.05, 0) is 36.1 Å². The average molecular weight is 576 g/mol. The van der Waals surface area contributed by atoms with Crippen molar-refractivity contribution in [3.05, 3.63) is 45.2 Å². The number of aromatic nitrogens is 1. The van der Waals surface area contributed by atoms with Crippen LogP contribution in [0.4, 0.5) is 28.4 Å². The molecule has 5 nitrogen and oxygen atoms in total. The summed E-state index contributed by atoms with van der Waals surface area (Å²) in [6, 6.07) is 5.10. The Morgan fingerprint density at radius 3 is 2.34 bits per heavy atom. The highest BCUT2D eigenvalue weighted by Gasteiger charge is 2.35. The SMILES string of the molecule is CC.CC.CCCCCCCCOc1ccc(Nc2nc(-c3ccsc3C(N)=O)c(F)s2)cc1C(F)(F)F. The summed E-state index contributed by atoms with van der Waals surface area (Å²) in [7, 11) is 0. The Morgan fingerprint density at radius 1 is 1.05 bits per heavy atom. The Bertz CT molecular complexity index is 1110. The number of alkyl halides is 3. The maximum Gasteiger partial charge on any atom is 0.420 e. The summed E-state index contributed by atoms with van der Waals surface area (Å²) in [6.07, 6.45) is 1.38. The van der Waals surface area contributed by atoms with Crippen LogP contribution in [-0.2, 0) is 6.18 Å². The lowest BCUT2D eigenvalue weighted by Crippen LogP contribution is -2.10. The minimum absolute atomic E-state index is 0.0444. The van der Waals surface area contributed by atoms with Gasteiger partial charge in [-0.3, -0.25) is 4.79 Å². The molecule has 0 bridgehead atoms. The van der Waals surface area contributed by atoms with Gasteiger partial charge in [-0.15, -0.1) is 11.3 Å². The molecule has 0 spiro atoms. The Hall–Kier alpha value is -2.66. The number of anilines is 2. The standard InChI is InChI=1S/C23H25F4N3O2S2.2C2H6/c1-2-3-4-5-6-7-11-32-17-9-8-14(13-16(17)23(25,26)27)29-22-30-18(20(24)34-22)15-10-12-33-19(15)21(28)31;2*1-2/h8-10,12-13H,2-7,11H2,1H3,(H2,28,31)(H,29,30);2*1-2H3. The Morgan fingerprint density at radius 2 is 1.71 bits per heavy atom. The summed E-state index contributed by atoms with van der Waals surface area (Å²) in [5.41, 5.74) is 4.63. The number of carbonyl (C=O) groups excluding carboxylic acids is 1. The van der Waals surface area contributed by atoms with Crippen LogP contribution in [0.15, 0.2) is 29.6 Å². The molecule has 212 valence electrons. The van der Waals surface area contributed by atoms with Crippen molar-refractivity contribution in [3.8, 4) is 17.0 Å². The predicted octanol–water partition coefficient (Wildman–Crippen LogP) is 9.66. The van der Waals surface area contributed by atoms with E-state index in [1.54, 1.807) is 5.38 Å². The van der Waals surface area contributed by atoms with Gasteiger partial charge in [0, 0.05) is 11.3 Å². The van der Waals surface area contributed by atoms with Gasteiger partial charge in [0.1, 0.15) is 16.3 Å². The average Bonchev–Trinajstić information content (AvgIpc) is 3.52. The molecular weight excluding hydrogens is 538 g/mol. The number of unbranched alkanes of at least 4 members (excludes halogenated alkanes) is 5. The molecule has 0 radical (unpaired) electrons. The molecule has 0 saturated heterocycles. The highest BCUT2D eigenvalue weighted by atomic mass is 32.1. The molecule has 1 amide bonds. The number of rotatable bonds is 12. The topological polar surface area (TPSA) is 77.2 Å². The Labute approximate surface area is 230 Å². The van der Waals surface area contributed by atoms with Crippen LogP contribution in [0.2, 0.25) is 0 Å². The second kappa shape index (κ2) is 17.0. The van der Waals surface area contributed by atoms with Crippen LogP contribution in [0, 0.1) is 5.13 Å². The number of primary amides is 1. The van der Waals surface area contributed by atoms with Crippen LogP contribution in [0.3, 0.4) is 0 Å². The molecule has 3 rings (SSSR count). The maximum absolute atomic E-state index is 14.5. The van der Waals surface area contributed by atoms with Crippen molar-refractivity contribution in [3.63, 3.8) is 0 Å². The first-order valence-corrected chi connectivity index (χ1v) is 14.6. The van der Waals surface area contributed by atoms with Crippen molar-refractivity contribution >= 4 is 39.4 Å². The quantitative estimate of drug-likeness (QED) is 0.166. The molecule has 0 aliphatic carbocycles. The number of thiazole rings is 1.